The van der Waals surface area contributed by atoms with Crippen LogP contribution >= 0.6 is 0 Å². The maximum atomic E-state index is 4.61. The van der Waals surface area contributed by atoms with Gasteiger partial charge in [0.1, 0.15) is 12.2 Å². The number of nitrogens with zero attached hydrogens (tertiary/aromatic N) is 6. The van der Waals surface area contributed by atoms with Gasteiger partial charge in [0.2, 0.25) is 0 Å². The number of aliphatic imine (C=N–C) groups is 1. The van der Waals surface area contributed by atoms with Gasteiger partial charge in [-0.15, -0.1) is 10.2 Å². The van der Waals surface area contributed by atoms with Gasteiger partial charge in [0.15, 0.2) is 5.96 Å². The molecule has 0 aliphatic rings. The quantitative estimate of drug-likeness (QED) is 0.406. The van der Waals surface area contributed by atoms with Crippen LogP contribution in [0.4, 0.5) is 0 Å². The fourth-order valence-electron chi connectivity index (χ4n) is 2.39. The smallest absolute Gasteiger partial charge is 0.191 e. The fourth-order valence-corrected chi connectivity index (χ4v) is 2.39. The first-order valence-electron chi connectivity index (χ1n) is 8.60. The molecule has 2 aromatic rings. The number of guanidine groups is 1. The Kier molecular flexibility index (Phi) is 7.25. The van der Waals surface area contributed by atoms with Gasteiger partial charge in [-0.1, -0.05) is 6.92 Å². The van der Waals surface area contributed by atoms with Gasteiger partial charge in [0.05, 0.1) is 6.20 Å². The van der Waals surface area contributed by atoms with E-state index in [1.54, 1.807) is 6.33 Å². The van der Waals surface area contributed by atoms with E-state index >= 15 is 0 Å². The molecule has 24 heavy (non-hydrogen) atoms. The number of hydrogen-bond acceptors (Lipinski definition) is 4. The number of nitrogens with one attached hydrogen (secondary N) is 2. The molecule has 0 fully saturated rings. The van der Waals surface area contributed by atoms with E-state index in [0.29, 0.717) is 0 Å². The van der Waals surface area contributed by atoms with Gasteiger partial charge in [-0.3, -0.25) is 9.67 Å². The average Bonchev–Trinajstić information content (AvgIpc) is 3.20. The first-order valence-corrected chi connectivity index (χ1v) is 8.60. The lowest BCUT2D eigenvalue weighted by molar-refractivity contribution is 0.582. The van der Waals surface area contributed by atoms with E-state index in [1.807, 2.05) is 10.9 Å². The minimum absolute atomic E-state index is 0.765. The molecule has 0 radical (unpaired) electrons. The summed E-state index contributed by atoms with van der Waals surface area (Å²) in [5.74, 6) is 1.86. The Morgan fingerprint density at radius 2 is 2.12 bits per heavy atom. The highest BCUT2D eigenvalue weighted by atomic mass is 15.3. The van der Waals surface area contributed by atoms with E-state index in [9.17, 15) is 0 Å². The van der Waals surface area contributed by atoms with E-state index in [0.717, 1.165) is 57.3 Å². The van der Waals surface area contributed by atoms with Gasteiger partial charge in [0, 0.05) is 45.3 Å². The van der Waals surface area contributed by atoms with Crippen molar-refractivity contribution in [1.82, 2.24) is 35.2 Å². The van der Waals surface area contributed by atoms with E-state index < -0.39 is 0 Å². The molecular formula is C16H28N8. The molecule has 0 unspecified atom stereocenters. The van der Waals surface area contributed by atoms with Crippen molar-refractivity contribution in [3.05, 3.63) is 30.1 Å². The van der Waals surface area contributed by atoms with Crippen molar-refractivity contribution >= 4 is 5.96 Å². The normalized spacial score (nSPS) is 11.7. The molecule has 132 valence electrons. The molecule has 2 aromatic heterocycles. The van der Waals surface area contributed by atoms with Crippen LogP contribution in [0.2, 0.25) is 0 Å². The molecule has 0 saturated heterocycles. The highest BCUT2D eigenvalue weighted by Crippen LogP contribution is 1.96. The summed E-state index contributed by atoms with van der Waals surface area (Å²) in [6.07, 6.45) is 7.56. The van der Waals surface area contributed by atoms with Crippen LogP contribution in [0.1, 0.15) is 31.7 Å². The zero-order valence-electron chi connectivity index (χ0n) is 14.9. The minimum atomic E-state index is 0.765. The second-order valence-corrected chi connectivity index (χ2v) is 5.62. The molecule has 0 saturated carbocycles. The van der Waals surface area contributed by atoms with Crippen molar-refractivity contribution in [2.24, 2.45) is 4.99 Å². The van der Waals surface area contributed by atoms with Gasteiger partial charge in [-0.2, -0.15) is 5.10 Å². The lowest BCUT2D eigenvalue weighted by atomic mass is 10.4. The van der Waals surface area contributed by atoms with Crippen molar-refractivity contribution in [3.8, 4) is 0 Å². The standard InChI is InChI=1S/C16H28N8/c1-4-15-22-20-13-23(15)10-8-19-16(17-5-2)18-7-6-9-24-12-14(3)11-21-24/h11-13H,4-10H2,1-3H3,(H2,17,18,19). The van der Waals surface area contributed by atoms with Gasteiger partial charge in [-0.05, 0) is 25.8 Å². The summed E-state index contributed by atoms with van der Waals surface area (Å²) in [5.41, 5.74) is 1.19. The average molecular weight is 332 g/mol. The Morgan fingerprint density at radius 3 is 2.83 bits per heavy atom. The summed E-state index contributed by atoms with van der Waals surface area (Å²) in [7, 11) is 0. The molecule has 2 rings (SSSR count). The monoisotopic (exact) mass is 332 g/mol. The van der Waals surface area contributed by atoms with Crippen LogP contribution in [-0.2, 0) is 19.5 Å². The predicted octanol–water partition coefficient (Wildman–Crippen LogP) is 0.991. The Bertz CT molecular complexity index is 628. The van der Waals surface area contributed by atoms with Crippen molar-refractivity contribution in [3.63, 3.8) is 0 Å². The first-order chi connectivity index (χ1) is 11.7. The summed E-state index contributed by atoms with van der Waals surface area (Å²) in [6.45, 7) is 10.3. The highest BCUT2D eigenvalue weighted by molar-refractivity contribution is 5.79. The first kappa shape index (κ1) is 18.0. The lowest BCUT2D eigenvalue weighted by Gasteiger charge is -2.12. The van der Waals surface area contributed by atoms with Crippen LogP contribution in [0.15, 0.2) is 23.7 Å². The molecule has 0 aliphatic heterocycles. The van der Waals surface area contributed by atoms with Gasteiger partial charge >= 0.3 is 0 Å². The predicted molar refractivity (Wildman–Crippen MR) is 95.0 cm³/mol. The molecule has 0 aromatic carbocycles. The highest BCUT2D eigenvalue weighted by Gasteiger charge is 2.02. The zero-order chi connectivity index (χ0) is 17.2. The Labute approximate surface area is 143 Å². The van der Waals surface area contributed by atoms with E-state index in [4.69, 9.17) is 0 Å². The Balaban J connectivity index is 1.73. The third kappa shape index (κ3) is 5.68. The molecule has 2 heterocycles. The summed E-state index contributed by atoms with van der Waals surface area (Å²) < 4.78 is 4.03. The molecule has 0 aliphatic carbocycles. The van der Waals surface area contributed by atoms with Gasteiger partial charge < -0.3 is 15.2 Å². The van der Waals surface area contributed by atoms with E-state index in [-0.39, 0.29) is 0 Å². The van der Waals surface area contributed by atoms with Crippen LogP contribution in [0.3, 0.4) is 0 Å². The Hall–Kier alpha value is -2.38. The molecule has 8 nitrogen and oxygen atoms in total. The summed E-state index contributed by atoms with van der Waals surface area (Å²) in [4.78, 5) is 4.61. The summed E-state index contributed by atoms with van der Waals surface area (Å²) in [6, 6.07) is 0. The summed E-state index contributed by atoms with van der Waals surface area (Å²) >= 11 is 0. The molecule has 2 N–H and O–H groups in total. The van der Waals surface area contributed by atoms with E-state index in [1.165, 1.54) is 5.56 Å². The van der Waals surface area contributed by atoms with Crippen molar-refractivity contribution in [2.75, 3.05) is 19.6 Å². The molecule has 8 heteroatoms. The Morgan fingerprint density at radius 1 is 1.25 bits per heavy atom. The summed E-state index contributed by atoms with van der Waals surface area (Å²) in [5, 5.41) is 18.9. The van der Waals surface area contributed by atoms with Crippen molar-refractivity contribution in [1.29, 1.82) is 0 Å². The molecule has 0 amide bonds. The fraction of sp³-hybridized carbons (Fsp3) is 0.625. The van der Waals surface area contributed by atoms with Crippen molar-refractivity contribution < 1.29 is 0 Å². The van der Waals surface area contributed by atoms with Crippen LogP contribution in [0.25, 0.3) is 0 Å². The number of hydrogen-bond donors (Lipinski definition) is 2. The van der Waals surface area contributed by atoms with Crippen LogP contribution in [0, 0.1) is 6.92 Å². The van der Waals surface area contributed by atoms with Crippen LogP contribution in [-0.4, -0.2) is 50.1 Å². The van der Waals surface area contributed by atoms with E-state index in [2.05, 4.69) is 62.5 Å². The largest absolute Gasteiger partial charge is 0.357 e. The SMILES string of the molecule is CCNC(=NCCCn1cc(C)cn1)NCCn1cnnc1CC. The molecule has 0 spiro atoms. The second-order valence-electron chi connectivity index (χ2n) is 5.62. The minimum Gasteiger partial charge on any atom is -0.357 e. The lowest BCUT2D eigenvalue weighted by Crippen LogP contribution is -2.39. The maximum absolute atomic E-state index is 4.61. The third-order valence-corrected chi connectivity index (χ3v) is 3.58. The second kappa shape index (κ2) is 9.69. The number of aryl methyl sites for hydroxylation is 3. The molecule has 0 bridgehead atoms. The zero-order valence-corrected chi connectivity index (χ0v) is 14.9. The maximum Gasteiger partial charge on any atom is 0.191 e. The number of rotatable bonds is 9. The van der Waals surface area contributed by atoms with Crippen molar-refractivity contribution in [2.45, 2.75) is 46.7 Å². The third-order valence-electron chi connectivity index (χ3n) is 3.58. The van der Waals surface area contributed by atoms with Crippen LogP contribution < -0.4 is 10.6 Å². The van der Waals surface area contributed by atoms with Gasteiger partial charge in [0.25, 0.3) is 0 Å². The molecule has 0 atom stereocenters. The molecular weight excluding hydrogens is 304 g/mol. The van der Waals surface area contributed by atoms with Crippen LogP contribution in [0.5, 0.6) is 0 Å². The van der Waals surface area contributed by atoms with Gasteiger partial charge in [-0.25, -0.2) is 0 Å². The number of aromatic nitrogens is 5. The topological polar surface area (TPSA) is 85.0 Å².